The summed E-state index contributed by atoms with van der Waals surface area (Å²) in [7, 11) is 0. The summed E-state index contributed by atoms with van der Waals surface area (Å²) < 4.78 is 5.52. The third-order valence-electron chi connectivity index (χ3n) is 6.00. The number of nitrogens with zero attached hydrogens (tertiary/aromatic N) is 5. The zero-order chi connectivity index (χ0) is 22.8. The minimum absolute atomic E-state index is 0.0289. The summed E-state index contributed by atoms with van der Waals surface area (Å²) in [6.45, 7) is 3.26. The van der Waals surface area contributed by atoms with Crippen molar-refractivity contribution < 1.29 is 14.1 Å². The van der Waals surface area contributed by atoms with Crippen molar-refractivity contribution in [3.8, 4) is 0 Å². The van der Waals surface area contributed by atoms with Crippen molar-refractivity contribution in [1.82, 2.24) is 9.91 Å². The molecular formula is C23H23N5O4S. The van der Waals surface area contributed by atoms with Crippen LogP contribution >= 0.6 is 11.3 Å². The maximum Gasteiger partial charge on any atom is 0.269 e. The van der Waals surface area contributed by atoms with Crippen LogP contribution in [0.1, 0.15) is 23.1 Å². The SMILES string of the molecule is O=C(CN1CCN(c2ccc([N+](=O)[O-])cc2)CC1)N1N=C(c2ccco2)CC1c1cccs1. The Balaban J connectivity index is 1.23. The smallest absolute Gasteiger partial charge is 0.269 e. The molecule has 9 nitrogen and oxygen atoms in total. The molecule has 170 valence electrons. The van der Waals surface area contributed by atoms with Crippen LogP contribution in [0.15, 0.2) is 69.7 Å². The molecule has 2 aliphatic heterocycles. The predicted molar refractivity (Wildman–Crippen MR) is 126 cm³/mol. The predicted octanol–water partition coefficient (Wildman–Crippen LogP) is 3.75. The second-order valence-electron chi connectivity index (χ2n) is 8.03. The number of rotatable bonds is 6. The summed E-state index contributed by atoms with van der Waals surface area (Å²) >= 11 is 1.63. The van der Waals surface area contributed by atoms with Gasteiger partial charge in [0.15, 0.2) is 0 Å². The van der Waals surface area contributed by atoms with E-state index in [-0.39, 0.29) is 17.6 Å². The molecule has 1 amide bonds. The van der Waals surface area contributed by atoms with Crippen LogP contribution in [0, 0.1) is 10.1 Å². The maximum absolute atomic E-state index is 13.3. The minimum Gasteiger partial charge on any atom is -0.463 e. The minimum atomic E-state index is -0.394. The fraction of sp³-hybridized carbons (Fsp3) is 0.304. The molecular weight excluding hydrogens is 442 g/mol. The largest absolute Gasteiger partial charge is 0.463 e. The number of hydrazone groups is 1. The van der Waals surface area contributed by atoms with Crippen molar-refractivity contribution in [3.63, 3.8) is 0 Å². The molecule has 1 aromatic carbocycles. The average molecular weight is 466 g/mol. The van der Waals surface area contributed by atoms with E-state index in [2.05, 4.69) is 14.9 Å². The van der Waals surface area contributed by atoms with E-state index in [0.717, 1.165) is 42.5 Å². The van der Waals surface area contributed by atoms with Gasteiger partial charge in [-0.15, -0.1) is 11.3 Å². The third-order valence-corrected chi connectivity index (χ3v) is 6.97. The number of nitro groups is 1. The first kappa shape index (κ1) is 21.4. The van der Waals surface area contributed by atoms with Crippen LogP contribution in [0.3, 0.4) is 0 Å². The van der Waals surface area contributed by atoms with Crippen molar-refractivity contribution in [2.24, 2.45) is 5.10 Å². The number of anilines is 1. The molecule has 0 radical (unpaired) electrons. The fourth-order valence-electron chi connectivity index (χ4n) is 4.25. The first-order valence-corrected chi connectivity index (χ1v) is 11.6. The van der Waals surface area contributed by atoms with Crippen molar-refractivity contribution in [3.05, 3.63) is 80.9 Å². The normalized spacial score (nSPS) is 19.0. The standard InChI is InChI=1S/C23H23N5O4S/c29-23(16-25-9-11-26(12-10-25)17-5-7-18(8-6-17)28(30)31)27-20(22-4-2-14-33-22)15-19(24-27)21-3-1-13-32-21/h1-8,13-14,20H,9-12,15-16H2. The van der Waals surface area contributed by atoms with Gasteiger partial charge in [0.1, 0.15) is 11.5 Å². The van der Waals surface area contributed by atoms with E-state index in [0.29, 0.717) is 18.7 Å². The lowest BCUT2D eigenvalue weighted by Gasteiger charge is -2.36. The van der Waals surface area contributed by atoms with Crippen LogP contribution in [-0.2, 0) is 4.79 Å². The molecule has 4 heterocycles. The zero-order valence-electron chi connectivity index (χ0n) is 17.9. The number of benzene rings is 1. The molecule has 1 atom stereocenters. The Morgan fingerprint density at radius 2 is 1.91 bits per heavy atom. The number of furan rings is 1. The quantitative estimate of drug-likeness (QED) is 0.406. The van der Waals surface area contributed by atoms with E-state index >= 15 is 0 Å². The summed E-state index contributed by atoms with van der Waals surface area (Å²) in [5.74, 6) is 0.669. The number of hydrogen-bond donors (Lipinski definition) is 0. The van der Waals surface area contributed by atoms with E-state index in [4.69, 9.17) is 4.42 Å². The first-order valence-electron chi connectivity index (χ1n) is 10.8. The van der Waals surface area contributed by atoms with Gasteiger partial charge in [0.2, 0.25) is 0 Å². The lowest BCUT2D eigenvalue weighted by molar-refractivity contribution is -0.384. The molecule has 2 aliphatic rings. The topological polar surface area (TPSA) is 95.4 Å². The van der Waals surface area contributed by atoms with Gasteiger partial charge in [-0.05, 0) is 35.7 Å². The van der Waals surface area contributed by atoms with Crippen LogP contribution < -0.4 is 4.90 Å². The molecule has 2 aromatic heterocycles. The Morgan fingerprint density at radius 3 is 2.55 bits per heavy atom. The maximum atomic E-state index is 13.3. The van der Waals surface area contributed by atoms with Crippen molar-refractivity contribution in [2.45, 2.75) is 12.5 Å². The lowest BCUT2D eigenvalue weighted by Crippen LogP contribution is -2.49. The highest BCUT2D eigenvalue weighted by molar-refractivity contribution is 7.10. The number of hydrogen-bond acceptors (Lipinski definition) is 8. The van der Waals surface area contributed by atoms with Gasteiger partial charge in [-0.2, -0.15) is 5.10 Å². The van der Waals surface area contributed by atoms with Crippen molar-refractivity contribution in [1.29, 1.82) is 0 Å². The number of amides is 1. The fourth-order valence-corrected chi connectivity index (χ4v) is 5.06. The molecule has 0 aliphatic carbocycles. The highest BCUT2D eigenvalue weighted by atomic mass is 32.1. The van der Waals surface area contributed by atoms with Crippen LogP contribution in [-0.4, -0.2) is 59.2 Å². The molecule has 0 N–H and O–H groups in total. The average Bonchev–Trinajstić information content (AvgIpc) is 3.61. The van der Waals surface area contributed by atoms with Crippen molar-refractivity contribution >= 4 is 34.3 Å². The Bertz CT molecular complexity index is 1140. The Morgan fingerprint density at radius 1 is 1.12 bits per heavy atom. The Hall–Kier alpha value is -3.50. The summed E-state index contributed by atoms with van der Waals surface area (Å²) in [6, 6.07) is 14.2. The van der Waals surface area contributed by atoms with E-state index in [1.165, 1.54) is 12.1 Å². The third kappa shape index (κ3) is 4.53. The van der Waals surface area contributed by atoms with E-state index < -0.39 is 4.92 Å². The van der Waals surface area contributed by atoms with Gasteiger partial charge >= 0.3 is 0 Å². The van der Waals surface area contributed by atoms with Crippen LogP contribution in [0.4, 0.5) is 11.4 Å². The van der Waals surface area contributed by atoms with Crippen molar-refractivity contribution in [2.75, 3.05) is 37.6 Å². The molecule has 3 aromatic rings. The highest BCUT2D eigenvalue weighted by Crippen LogP contribution is 2.35. The van der Waals surface area contributed by atoms with E-state index in [1.54, 1.807) is 34.7 Å². The number of carbonyl (C=O) groups excluding carboxylic acids is 1. The Labute approximate surface area is 194 Å². The monoisotopic (exact) mass is 465 g/mol. The van der Waals surface area contributed by atoms with Gasteiger partial charge in [-0.1, -0.05) is 6.07 Å². The molecule has 1 fully saturated rings. The number of thiophene rings is 1. The number of nitro benzene ring substituents is 1. The van der Waals surface area contributed by atoms with Gasteiger partial charge in [0.25, 0.3) is 11.6 Å². The summed E-state index contributed by atoms with van der Waals surface area (Å²) in [6.07, 6.45) is 2.25. The first-order chi connectivity index (χ1) is 16.1. The molecule has 0 bridgehead atoms. The second kappa shape index (κ2) is 9.16. The summed E-state index contributed by atoms with van der Waals surface area (Å²) in [4.78, 5) is 29.2. The molecule has 5 rings (SSSR count). The number of piperazine rings is 1. The zero-order valence-corrected chi connectivity index (χ0v) is 18.7. The molecule has 0 spiro atoms. The summed E-state index contributed by atoms with van der Waals surface area (Å²) in [5.41, 5.74) is 1.83. The molecule has 0 saturated carbocycles. The van der Waals surface area contributed by atoms with Crippen LogP contribution in [0.2, 0.25) is 0 Å². The number of carbonyl (C=O) groups is 1. The Kier molecular flexibility index (Phi) is 5.93. The van der Waals surface area contributed by atoms with Gasteiger partial charge < -0.3 is 9.32 Å². The van der Waals surface area contributed by atoms with Crippen LogP contribution in [0.25, 0.3) is 0 Å². The highest BCUT2D eigenvalue weighted by Gasteiger charge is 2.35. The van der Waals surface area contributed by atoms with Crippen LogP contribution in [0.5, 0.6) is 0 Å². The van der Waals surface area contributed by atoms with Gasteiger partial charge in [-0.3, -0.25) is 19.8 Å². The van der Waals surface area contributed by atoms with Gasteiger partial charge in [-0.25, -0.2) is 5.01 Å². The van der Waals surface area contributed by atoms with Gasteiger partial charge in [0.05, 0.1) is 23.8 Å². The second-order valence-corrected chi connectivity index (χ2v) is 9.01. The summed E-state index contributed by atoms with van der Waals surface area (Å²) in [5, 5.41) is 19.1. The number of non-ortho nitro benzene ring substituents is 1. The van der Waals surface area contributed by atoms with Gasteiger partial charge in [0, 0.05) is 55.3 Å². The molecule has 33 heavy (non-hydrogen) atoms. The van der Waals surface area contributed by atoms with E-state index in [1.807, 2.05) is 29.6 Å². The van der Waals surface area contributed by atoms with E-state index in [9.17, 15) is 14.9 Å². The molecule has 1 unspecified atom stereocenters. The molecule has 1 saturated heterocycles. The molecule has 10 heteroatoms. The lowest BCUT2D eigenvalue weighted by atomic mass is 10.1.